The molecule has 0 atom stereocenters. The highest BCUT2D eigenvalue weighted by Gasteiger charge is 2.47. The zero-order valence-electron chi connectivity index (χ0n) is 10.5. The summed E-state index contributed by atoms with van der Waals surface area (Å²) in [6, 6.07) is 18.0. The van der Waals surface area contributed by atoms with Crippen LogP contribution in [0.2, 0.25) is 0 Å². The van der Waals surface area contributed by atoms with Crippen LogP contribution >= 0.6 is 7.26 Å². The van der Waals surface area contributed by atoms with E-state index in [-0.39, 0.29) is 0 Å². The van der Waals surface area contributed by atoms with Gasteiger partial charge in [-0.25, -0.2) is 0 Å². The maximum absolute atomic E-state index is 2.36. The second-order valence-electron chi connectivity index (χ2n) is 4.63. The van der Waals surface area contributed by atoms with Gasteiger partial charge in [0.1, 0.15) is 10.6 Å². The quantitative estimate of drug-likeness (QED) is 0.704. The third-order valence-corrected chi connectivity index (χ3v) is 8.88. The first kappa shape index (κ1) is 11.0. The van der Waals surface area contributed by atoms with Crippen LogP contribution in [-0.4, -0.2) is 12.3 Å². The van der Waals surface area contributed by atoms with Crippen molar-refractivity contribution in [3.8, 4) is 11.1 Å². The number of hydrogen-bond acceptors (Lipinski definition) is 0. The van der Waals surface area contributed by atoms with E-state index in [0.717, 1.165) is 0 Å². The van der Waals surface area contributed by atoms with Crippen molar-refractivity contribution in [1.82, 2.24) is 0 Å². The summed E-state index contributed by atoms with van der Waals surface area (Å²) in [6.07, 6.45) is 2.58. The predicted octanol–water partition coefficient (Wildman–Crippen LogP) is 3.68. The molecule has 0 spiro atoms. The lowest BCUT2D eigenvalue weighted by molar-refractivity contribution is 1.40. The Morgan fingerprint density at radius 3 is 1.53 bits per heavy atom. The maximum Gasteiger partial charge on any atom is 0.107 e. The van der Waals surface area contributed by atoms with Crippen molar-refractivity contribution in [2.75, 3.05) is 12.3 Å². The Balaban J connectivity index is 2.38. The molecular formula is C16H18P+. The molecule has 1 aliphatic rings. The predicted molar refractivity (Wildman–Crippen MR) is 79.1 cm³/mol. The van der Waals surface area contributed by atoms with Gasteiger partial charge in [0.25, 0.3) is 0 Å². The van der Waals surface area contributed by atoms with E-state index in [4.69, 9.17) is 0 Å². The van der Waals surface area contributed by atoms with Crippen molar-refractivity contribution in [2.45, 2.75) is 13.8 Å². The Morgan fingerprint density at radius 1 is 0.706 bits per heavy atom. The molecule has 0 radical (unpaired) electrons. The van der Waals surface area contributed by atoms with Crippen molar-refractivity contribution in [1.29, 1.82) is 0 Å². The highest BCUT2D eigenvalue weighted by Crippen LogP contribution is 2.62. The summed E-state index contributed by atoms with van der Waals surface area (Å²) < 4.78 is 0. The summed E-state index contributed by atoms with van der Waals surface area (Å²) in [6.45, 7) is 4.71. The molecule has 2 aromatic rings. The molecule has 86 valence electrons. The lowest BCUT2D eigenvalue weighted by atomic mass is 10.1. The summed E-state index contributed by atoms with van der Waals surface area (Å²) in [7, 11) is -1.09. The van der Waals surface area contributed by atoms with Crippen molar-refractivity contribution in [3.63, 3.8) is 0 Å². The normalized spacial score (nSPS) is 15.4. The van der Waals surface area contributed by atoms with Gasteiger partial charge < -0.3 is 0 Å². The minimum Gasteiger partial charge on any atom is -0.0614 e. The van der Waals surface area contributed by atoms with E-state index in [2.05, 4.69) is 62.4 Å². The van der Waals surface area contributed by atoms with E-state index in [1.807, 2.05) is 0 Å². The Hall–Kier alpha value is -1.13. The number of hydrogen-bond donors (Lipinski definition) is 0. The highest BCUT2D eigenvalue weighted by atomic mass is 31.2. The number of rotatable bonds is 2. The van der Waals surface area contributed by atoms with E-state index >= 15 is 0 Å². The van der Waals surface area contributed by atoms with Gasteiger partial charge in [0, 0.05) is 11.1 Å². The minimum atomic E-state index is -1.09. The molecule has 1 heteroatoms. The highest BCUT2D eigenvalue weighted by molar-refractivity contribution is 7.90. The van der Waals surface area contributed by atoms with Crippen LogP contribution in [-0.2, 0) is 0 Å². The molecule has 0 aliphatic carbocycles. The summed E-state index contributed by atoms with van der Waals surface area (Å²) in [4.78, 5) is 0. The lowest BCUT2D eigenvalue weighted by Crippen LogP contribution is -2.20. The molecule has 1 heterocycles. The fraction of sp³-hybridized carbons (Fsp3) is 0.250. The van der Waals surface area contributed by atoms with Crippen LogP contribution in [0.4, 0.5) is 0 Å². The van der Waals surface area contributed by atoms with Gasteiger partial charge in [0.15, 0.2) is 0 Å². The Kier molecular flexibility index (Phi) is 2.56. The molecule has 3 rings (SSSR count). The monoisotopic (exact) mass is 241 g/mol. The smallest absolute Gasteiger partial charge is 0.0614 e. The van der Waals surface area contributed by atoms with Gasteiger partial charge in [0.05, 0.1) is 19.6 Å². The molecule has 0 fully saturated rings. The van der Waals surface area contributed by atoms with Crippen LogP contribution < -0.4 is 10.6 Å². The van der Waals surface area contributed by atoms with Gasteiger partial charge in [-0.1, -0.05) is 36.4 Å². The molecule has 0 unspecified atom stereocenters. The van der Waals surface area contributed by atoms with Crippen LogP contribution in [0.5, 0.6) is 0 Å². The third kappa shape index (κ3) is 1.34. The molecule has 0 aromatic heterocycles. The van der Waals surface area contributed by atoms with E-state index in [9.17, 15) is 0 Å². The molecule has 1 aliphatic heterocycles. The van der Waals surface area contributed by atoms with Gasteiger partial charge >= 0.3 is 0 Å². The molecule has 17 heavy (non-hydrogen) atoms. The maximum atomic E-state index is 2.36. The van der Waals surface area contributed by atoms with Crippen molar-refractivity contribution < 1.29 is 0 Å². The first-order valence-corrected chi connectivity index (χ1v) is 8.56. The van der Waals surface area contributed by atoms with E-state index < -0.39 is 7.26 Å². The molecule has 2 aromatic carbocycles. The molecule has 0 N–H and O–H groups in total. The topological polar surface area (TPSA) is 0 Å². The number of fused-ring (bicyclic) bond motifs is 3. The van der Waals surface area contributed by atoms with Gasteiger partial charge in [-0.2, -0.15) is 0 Å². The summed E-state index contributed by atoms with van der Waals surface area (Å²) in [5.74, 6) is 0. The van der Waals surface area contributed by atoms with Crippen LogP contribution in [0.25, 0.3) is 11.1 Å². The SMILES string of the molecule is CC[P+]1(CC)c2ccccc2-c2ccccc21. The molecule has 0 saturated heterocycles. The molecule has 0 saturated carbocycles. The van der Waals surface area contributed by atoms with E-state index in [1.54, 1.807) is 10.6 Å². The van der Waals surface area contributed by atoms with Crippen molar-refractivity contribution >= 4 is 17.9 Å². The van der Waals surface area contributed by atoms with Crippen LogP contribution in [0.1, 0.15) is 13.8 Å². The Bertz CT molecular complexity index is 505. The summed E-state index contributed by atoms with van der Waals surface area (Å²) >= 11 is 0. The van der Waals surface area contributed by atoms with E-state index in [1.165, 1.54) is 23.5 Å². The average molecular weight is 241 g/mol. The fourth-order valence-electron chi connectivity index (χ4n) is 3.18. The summed E-state index contributed by atoms with van der Waals surface area (Å²) in [5, 5.41) is 3.26. The van der Waals surface area contributed by atoms with Crippen LogP contribution in [0.3, 0.4) is 0 Å². The molecular weight excluding hydrogens is 223 g/mol. The van der Waals surface area contributed by atoms with Crippen molar-refractivity contribution in [2.24, 2.45) is 0 Å². The second-order valence-corrected chi connectivity index (χ2v) is 8.80. The lowest BCUT2D eigenvalue weighted by Gasteiger charge is -2.20. The second kappa shape index (κ2) is 3.96. The van der Waals surface area contributed by atoms with Crippen molar-refractivity contribution in [3.05, 3.63) is 48.5 Å². The van der Waals surface area contributed by atoms with Gasteiger partial charge in [0.2, 0.25) is 0 Å². The fourth-order valence-corrected chi connectivity index (χ4v) is 7.31. The largest absolute Gasteiger partial charge is 0.107 e. The zero-order valence-corrected chi connectivity index (χ0v) is 11.4. The van der Waals surface area contributed by atoms with E-state index in [0.29, 0.717) is 0 Å². The minimum absolute atomic E-state index is 1.09. The molecule has 0 amide bonds. The Labute approximate surface area is 104 Å². The van der Waals surface area contributed by atoms with Crippen LogP contribution in [0.15, 0.2) is 48.5 Å². The molecule has 0 bridgehead atoms. The van der Waals surface area contributed by atoms with Gasteiger partial charge in [-0.3, -0.25) is 0 Å². The van der Waals surface area contributed by atoms with Crippen LogP contribution in [0, 0.1) is 0 Å². The average Bonchev–Trinajstić information content (AvgIpc) is 2.70. The summed E-state index contributed by atoms with van der Waals surface area (Å²) in [5.41, 5.74) is 2.97. The van der Waals surface area contributed by atoms with Gasteiger partial charge in [-0.15, -0.1) is 0 Å². The van der Waals surface area contributed by atoms with Gasteiger partial charge in [-0.05, 0) is 26.0 Å². The first-order valence-electron chi connectivity index (χ1n) is 6.40. The first-order chi connectivity index (χ1) is 8.33. The zero-order chi connectivity index (χ0) is 11.9. The Morgan fingerprint density at radius 2 is 1.12 bits per heavy atom. The standard InChI is InChI=1S/C16H18P/c1-3-17(4-2)15-11-7-5-9-13(15)14-10-6-8-12-16(14)17/h5-12H,3-4H2,1-2H3/q+1. The molecule has 0 nitrogen and oxygen atoms in total. The number of benzene rings is 2. The third-order valence-electron chi connectivity index (χ3n) is 4.10.